The van der Waals surface area contributed by atoms with E-state index < -0.39 is 16.1 Å². The van der Waals surface area contributed by atoms with Gasteiger partial charge in [0.1, 0.15) is 10.6 Å². The van der Waals surface area contributed by atoms with Crippen LogP contribution in [0.5, 0.6) is 0 Å². The monoisotopic (exact) mass is 287 g/mol. The number of aromatic nitrogens is 1. The Kier molecular flexibility index (Phi) is 3.66. The maximum absolute atomic E-state index is 12.2. The van der Waals surface area contributed by atoms with E-state index in [1.54, 1.807) is 7.05 Å². The minimum absolute atomic E-state index is 0.0561. The fraction of sp³-hybridized carbons (Fsp3) is 0.545. The van der Waals surface area contributed by atoms with Gasteiger partial charge >= 0.3 is 0 Å². The van der Waals surface area contributed by atoms with Gasteiger partial charge in [-0.1, -0.05) is 0 Å². The Morgan fingerprint density at radius 2 is 2.21 bits per heavy atom. The van der Waals surface area contributed by atoms with Crippen LogP contribution in [0.25, 0.3) is 0 Å². The van der Waals surface area contributed by atoms with Crippen LogP contribution in [0.1, 0.15) is 16.9 Å². The van der Waals surface area contributed by atoms with Crippen molar-refractivity contribution in [3.8, 4) is 0 Å². The standard InChI is InChI=1S/C11H17N3O4S/c1-12-19(17,18)9-5-10(13(2)7-9)11(16)14-4-3-8(15)6-14/h5,7-8,12,15H,3-4,6H2,1-2H3. The van der Waals surface area contributed by atoms with Crippen LogP contribution in [0.4, 0.5) is 0 Å². The Morgan fingerprint density at radius 1 is 1.53 bits per heavy atom. The first-order valence-electron chi connectivity index (χ1n) is 5.92. The minimum atomic E-state index is -3.56. The number of likely N-dealkylation sites (tertiary alicyclic amines) is 1. The van der Waals surface area contributed by atoms with Crippen LogP contribution in [0, 0.1) is 0 Å². The highest BCUT2D eigenvalue weighted by atomic mass is 32.2. The van der Waals surface area contributed by atoms with Gasteiger partial charge in [0.15, 0.2) is 0 Å². The van der Waals surface area contributed by atoms with Gasteiger partial charge in [0, 0.05) is 26.3 Å². The number of carbonyl (C=O) groups excluding carboxylic acids is 1. The highest BCUT2D eigenvalue weighted by Crippen LogP contribution is 2.17. The molecule has 1 aromatic heterocycles. The molecule has 0 aromatic carbocycles. The molecule has 0 aliphatic carbocycles. The van der Waals surface area contributed by atoms with Crippen molar-refractivity contribution in [3.63, 3.8) is 0 Å². The molecule has 8 heteroatoms. The molecule has 1 fully saturated rings. The lowest BCUT2D eigenvalue weighted by Crippen LogP contribution is -2.30. The zero-order chi connectivity index (χ0) is 14.2. The number of carbonyl (C=O) groups is 1. The van der Waals surface area contributed by atoms with E-state index in [0.29, 0.717) is 18.7 Å². The molecular formula is C11H17N3O4S. The largest absolute Gasteiger partial charge is 0.391 e. The van der Waals surface area contributed by atoms with Crippen LogP contribution >= 0.6 is 0 Å². The van der Waals surface area contributed by atoms with Crippen molar-refractivity contribution in [2.24, 2.45) is 7.05 Å². The topological polar surface area (TPSA) is 91.6 Å². The Bertz CT molecular complexity index is 593. The SMILES string of the molecule is CNS(=O)(=O)c1cc(C(=O)N2CCC(O)C2)n(C)c1. The van der Waals surface area contributed by atoms with E-state index in [2.05, 4.69) is 4.72 Å². The van der Waals surface area contributed by atoms with Gasteiger partial charge in [-0.05, 0) is 19.5 Å². The summed E-state index contributed by atoms with van der Waals surface area (Å²) in [7, 11) is -0.619. The van der Waals surface area contributed by atoms with E-state index in [0.717, 1.165) is 0 Å². The maximum Gasteiger partial charge on any atom is 0.270 e. The highest BCUT2D eigenvalue weighted by molar-refractivity contribution is 7.89. The number of hydrogen-bond acceptors (Lipinski definition) is 4. The zero-order valence-corrected chi connectivity index (χ0v) is 11.6. The average Bonchev–Trinajstić information content (AvgIpc) is 2.95. The molecule has 0 spiro atoms. The van der Waals surface area contributed by atoms with Crippen molar-refractivity contribution in [1.82, 2.24) is 14.2 Å². The Morgan fingerprint density at radius 3 is 2.74 bits per heavy atom. The first-order chi connectivity index (χ1) is 8.85. The summed E-state index contributed by atoms with van der Waals surface area (Å²) in [6.07, 6.45) is 1.45. The van der Waals surface area contributed by atoms with E-state index in [1.165, 1.54) is 28.8 Å². The van der Waals surface area contributed by atoms with E-state index in [4.69, 9.17) is 0 Å². The molecule has 2 N–H and O–H groups in total. The van der Waals surface area contributed by atoms with Crippen LogP contribution in [0.2, 0.25) is 0 Å². The van der Waals surface area contributed by atoms with Gasteiger partial charge in [0.05, 0.1) is 6.10 Å². The number of amides is 1. The molecular weight excluding hydrogens is 270 g/mol. The predicted molar refractivity (Wildman–Crippen MR) is 68.2 cm³/mol. The number of hydrogen-bond donors (Lipinski definition) is 2. The van der Waals surface area contributed by atoms with Crippen LogP contribution in [0.15, 0.2) is 17.2 Å². The van der Waals surface area contributed by atoms with Gasteiger partial charge in [-0.25, -0.2) is 13.1 Å². The molecule has 1 aromatic rings. The van der Waals surface area contributed by atoms with Crippen LogP contribution in [-0.2, 0) is 17.1 Å². The molecule has 7 nitrogen and oxygen atoms in total. The van der Waals surface area contributed by atoms with Crippen LogP contribution < -0.4 is 4.72 Å². The molecule has 1 atom stereocenters. The van der Waals surface area contributed by atoms with Crippen molar-refractivity contribution in [3.05, 3.63) is 18.0 Å². The second-order valence-corrected chi connectivity index (χ2v) is 6.46. The molecule has 2 heterocycles. The Balaban J connectivity index is 2.29. The smallest absolute Gasteiger partial charge is 0.270 e. The third kappa shape index (κ3) is 2.65. The summed E-state index contributed by atoms with van der Waals surface area (Å²) in [6.45, 7) is 0.775. The molecule has 1 unspecified atom stereocenters. The summed E-state index contributed by atoms with van der Waals surface area (Å²) in [6, 6.07) is 1.35. The van der Waals surface area contributed by atoms with E-state index in [-0.39, 0.29) is 17.3 Å². The lowest BCUT2D eigenvalue weighted by molar-refractivity contribution is 0.0755. The zero-order valence-electron chi connectivity index (χ0n) is 10.8. The highest BCUT2D eigenvalue weighted by Gasteiger charge is 2.28. The van der Waals surface area contributed by atoms with E-state index in [1.807, 2.05) is 0 Å². The normalized spacial score (nSPS) is 19.9. The summed E-state index contributed by atoms with van der Waals surface area (Å²) < 4.78 is 27.0. The molecule has 1 amide bonds. The first kappa shape index (κ1) is 14.0. The summed E-state index contributed by atoms with van der Waals surface area (Å²) >= 11 is 0. The number of aliphatic hydroxyl groups is 1. The fourth-order valence-corrected chi connectivity index (χ4v) is 2.90. The van der Waals surface area contributed by atoms with Crippen molar-refractivity contribution in [2.45, 2.75) is 17.4 Å². The minimum Gasteiger partial charge on any atom is -0.391 e. The summed E-state index contributed by atoms with van der Waals surface area (Å²) in [4.78, 5) is 13.8. The molecule has 0 radical (unpaired) electrons. The number of nitrogens with zero attached hydrogens (tertiary/aromatic N) is 2. The van der Waals surface area contributed by atoms with Gasteiger partial charge in [0.2, 0.25) is 10.0 Å². The van der Waals surface area contributed by atoms with Crippen LogP contribution in [0.3, 0.4) is 0 Å². The third-order valence-corrected chi connectivity index (χ3v) is 4.61. The number of β-amino-alcohol motifs (C(OH)–C–C–N with tert-alkyl or cyclic N) is 1. The summed E-state index contributed by atoms with van der Waals surface area (Å²) in [5, 5.41) is 9.43. The van der Waals surface area contributed by atoms with Gasteiger partial charge in [-0.15, -0.1) is 0 Å². The van der Waals surface area contributed by atoms with Gasteiger partial charge < -0.3 is 14.6 Å². The molecule has 0 saturated carbocycles. The second-order valence-electron chi connectivity index (χ2n) is 4.57. The number of aryl methyl sites for hydroxylation is 1. The summed E-state index contributed by atoms with van der Waals surface area (Å²) in [5.74, 6) is -0.267. The van der Waals surface area contributed by atoms with E-state index >= 15 is 0 Å². The van der Waals surface area contributed by atoms with E-state index in [9.17, 15) is 18.3 Å². The lowest BCUT2D eigenvalue weighted by atomic mass is 10.3. The molecule has 0 bridgehead atoms. The van der Waals surface area contributed by atoms with Crippen molar-refractivity contribution < 1.29 is 18.3 Å². The van der Waals surface area contributed by atoms with Gasteiger partial charge in [0.25, 0.3) is 5.91 Å². The summed E-state index contributed by atoms with van der Waals surface area (Å²) in [5.41, 5.74) is 0.294. The molecule has 19 heavy (non-hydrogen) atoms. The number of aliphatic hydroxyl groups excluding tert-OH is 1. The molecule has 2 rings (SSSR count). The number of nitrogens with one attached hydrogen (secondary N) is 1. The van der Waals surface area contributed by atoms with Crippen molar-refractivity contribution in [1.29, 1.82) is 0 Å². The van der Waals surface area contributed by atoms with Gasteiger partial charge in [-0.2, -0.15) is 0 Å². The number of rotatable bonds is 3. The third-order valence-electron chi connectivity index (χ3n) is 3.23. The predicted octanol–water partition coefficient (Wildman–Crippen LogP) is -0.860. The van der Waals surface area contributed by atoms with Crippen molar-refractivity contribution >= 4 is 15.9 Å². The van der Waals surface area contributed by atoms with Crippen molar-refractivity contribution in [2.75, 3.05) is 20.1 Å². The average molecular weight is 287 g/mol. The second kappa shape index (κ2) is 4.95. The van der Waals surface area contributed by atoms with Crippen LogP contribution in [-0.4, -0.2) is 55.1 Å². The molecule has 1 saturated heterocycles. The first-order valence-corrected chi connectivity index (χ1v) is 7.40. The maximum atomic E-state index is 12.2. The molecule has 106 valence electrons. The fourth-order valence-electron chi connectivity index (χ4n) is 2.10. The quantitative estimate of drug-likeness (QED) is 0.757. The Labute approximate surface area is 111 Å². The molecule has 1 aliphatic heterocycles. The van der Waals surface area contributed by atoms with Gasteiger partial charge in [-0.3, -0.25) is 4.79 Å². The number of sulfonamides is 1. The lowest BCUT2D eigenvalue weighted by Gasteiger charge is -2.15. The Hall–Kier alpha value is -1.38. The molecule has 1 aliphatic rings.